The van der Waals surface area contributed by atoms with Gasteiger partial charge in [-0.2, -0.15) is 0 Å². The molecule has 0 saturated heterocycles. The van der Waals surface area contributed by atoms with E-state index in [0.717, 1.165) is 18.4 Å². The normalized spacial score (nSPS) is 40.2. The number of thiophene rings is 1. The van der Waals surface area contributed by atoms with E-state index in [1.165, 1.54) is 49.2 Å². The molecule has 0 spiro atoms. The van der Waals surface area contributed by atoms with Gasteiger partial charge in [-0.15, -0.1) is 17.9 Å². The van der Waals surface area contributed by atoms with Gasteiger partial charge in [0.15, 0.2) is 0 Å². The highest BCUT2D eigenvalue weighted by Crippen LogP contribution is 2.62. The molecule has 4 fully saturated rings. The molecule has 1 aromatic heterocycles. The Morgan fingerprint density at radius 1 is 1.33 bits per heavy atom. The smallest absolute Gasteiger partial charge is 0.0906 e. The van der Waals surface area contributed by atoms with Gasteiger partial charge >= 0.3 is 0 Å². The van der Waals surface area contributed by atoms with E-state index in [2.05, 4.69) is 35.6 Å². The average Bonchev–Trinajstić information content (AvgIpc) is 2.80. The second-order valence-electron chi connectivity index (χ2n) is 8.05. The van der Waals surface area contributed by atoms with E-state index in [9.17, 15) is 0 Å². The van der Waals surface area contributed by atoms with Gasteiger partial charge < -0.3 is 10.6 Å². The molecule has 0 amide bonds. The van der Waals surface area contributed by atoms with Crippen LogP contribution in [0.1, 0.15) is 45.4 Å². The van der Waals surface area contributed by atoms with Crippen LogP contribution in [-0.4, -0.2) is 12.1 Å². The summed E-state index contributed by atoms with van der Waals surface area (Å²) in [4.78, 5) is 0. The van der Waals surface area contributed by atoms with Crippen LogP contribution in [0.3, 0.4) is 0 Å². The van der Waals surface area contributed by atoms with E-state index in [1.807, 2.05) is 6.08 Å². The average molecular weight is 302 g/mol. The quantitative estimate of drug-likeness (QED) is 0.738. The maximum absolute atomic E-state index is 3.95. The molecule has 114 valence electrons. The Kier molecular flexibility index (Phi) is 3.11. The number of hydrogen-bond acceptors (Lipinski definition) is 3. The van der Waals surface area contributed by atoms with Crippen LogP contribution in [0.25, 0.3) is 0 Å². The van der Waals surface area contributed by atoms with Crippen molar-refractivity contribution >= 4 is 22.0 Å². The molecule has 4 aliphatic carbocycles. The molecule has 2 atom stereocenters. The lowest BCUT2D eigenvalue weighted by atomic mass is 9.47. The van der Waals surface area contributed by atoms with E-state index in [1.54, 1.807) is 11.3 Å². The first-order chi connectivity index (χ1) is 10.1. The van der Waals surface area contributed by atoms with Gasteiger partial charge in [0.25, 0.3) is 0 Å². The first-order valence-electron chi connectivity index (χ1n) is 8.30. The maximum Gasteiger partial charge on any atom is 0.0906 e. The zero-order chi connectivity index (χ0) is 14.5. The van der Waals surface area contributed by atoms with Crippen molar-refractivity contribution in [2.45, 2.75) is 51.0 Å². The van der Waals surface area contributed by atoms with Gasteiger partial charge in [0.05, 0.1) is 5.00 Å². The summed E-state index contributed by atoms with van der Waals surface area (Å²) in [6.07, 6.45) is 10.5. The number of anilines is 2. The molecule has 5 rings (SSSR count). The summed E-state index contributed by atoms with van der Waals surface area (Å²) < 4.78 is 0. The molecule has 4 aliphatic rings. The maximum atomic E-state index is 3.95. The third-order valence-electron chi connectivity index (χ3n) is 5.78. The lowest BCUT2D eigenvalue weighted by Crippen LogP contribution is -2.58. The SMILES string of the molecule is C=CCNc1cc(NC23CC4CC(CC(C)(C4)C2)C3)cs1. The van der Waals surface area contributed by atoms with Gasteiger partial charge in [-0.05, 0) is 61.8 Å². The summed E-state index contributed by atoms with van der Waals surface area (Å²) in [7, 11) is 0. The van der Waals surface area contributed by atoms with Gasteiger partial charge in [0, 0.05) is 23.2 Å². The van der Waals surface area contributed by atoms with Crippen molar-refractivity contribution in [1.82, 2.24) is 0 Å². The Bertz CT molecular complexity index is 533. The molecule has 2 unspecified atom stereocenters. The highest BCUT2D eigenvalue weighted by Gasteiger charge is 2.55. The molecule has 2 N–H and O–H groups in total. The second-order valence-corrected chi connectivity index (χ2v) is 8.96. The summed E-state index contributed by atoms with van der Waals surface area (Å²) in [5.74, 6) is 1.95. The molecule has 0 aliphatic heterocycles. The van der Waals surface area contributed by atoms with Crippen molar-refractivity contribution < 1.29 is 0 Å². The number of rotatable bonds is 5. The van der Waals surface area contributed by atoms with Crippen LogP contribution in [0, 0.1) is 17.3 Å². The lowest BCUT2D eigenvalue weighted by molar-refractivity contribution is -0.0478. The molecule has 1 heterocycles. The van der Waals surface area contributed by atoms with E-state index in [-0.39, 0.29) is 0 Å². The predicted molar refractivity (Wildman–Crippen MR) is 92.1 cm³/mol. The van der Waals surface area contributed by atoms with Gasteiger partial charge in [-0.25, -0.2) is 0 Å². The summed E-state index contributed by atoms with van der Waals surface area (Å²) in [6.45, 7) is 7.14. The van der Waals surface area contributed by atoms with Crippen LogP contribution in [0.5, 0.6) is 0 Å². The molecular formula is C18H26N2S. The minimum atomic E-state index is 0.385. The Morgan fingerprint density at radius 2 is 2.10 bits per heavy atom. The van der Waals surface area contributed by atoms with Crippen molar-refractivity contribution in [1.29, 1.82) is 0 Å². The highest BCUT2D eigenvalue weighted by molar-refractivity contribution is 7.14. The third-order valence-corrected chi connectivity index (χ3v) is 6.67. The zero-order valence-electron chi connectivity index (χ0n) is 13.0. The molecule has 0 radical (unpaired) electrons. The van der Waals surface area contributed by atoms with Crippen LogP contribution < -0.4 is 10.6 Å². The first kappa shape index (κ1) is 13.7. The van der Waals surface area contributed by atoms with Gasteiger partial charge in [-0.1, -0.05) is 13.0 Å². The Balaban J connectivity index is 1.51. The number of nitrogens with one attached hydrogen (secondary N) is 2. The molecule has 1 aromatic rings. The Morgan fingerprint density at radius 3 is 2.76 bits per heavy atom. The van der Waals surface area contributed by atoms with Crippen molar-refractivity contribution in [3.63, 3.8) is 0 Å². The van der Waals surface area contributed by atoms with E-state index < -0.39 is 0 Å². The summed E-state index contributed by atoms with van der Waals surface area (Å²) in [5.41, 5.74) is 2.31. The van der Waals surface area contributed by atoms with Crippen LogP contribution in [0.15, 0.2) is 24.1 Å². The molecule has 4 saturated carbocycles. The fourth-order valence-corrected chi connectivity index (χ4v) is 6.58. The van der Waals surface area contributed by atoms with Crippen LogP contribution in [0.2, 0.25) is 0 Å². The Labute approximate surface area is 132 Å². The van der Waals surface area contributed by atoms with E-state index in [4.69, 9.17) is 0 Å². The van der Waals surface area contributed by atoms with Crippen molar-refractivity contribution in [2.24, 2.45) is 17.3 Å². The van der Waals surface area contributed by atoms with Crippen molar-refractivity contribution in [3.8, 4) is 0 Å². The number of hydrogen-bond donors (Lipinski definition) is 2. The lowest BCUT2D eigenvalue weighted by Gasteiger charge is -2.61. The standard InChI is InChI=1S/C18H26N2S/c1-3-4-19-16-6-15(11-21-16)20-18-9-13-5-14(10-18)8-17(2,7-13)12-18/h3,6,11,13-14,19-20H,1,4-5,7-10,12H2,2H3. The minimum Gasteiger partial charge on any atom is -0.379 e. The van der Waals surface area contributed by atoms with Gasteiger partial charge in [0.2, 0.25) is 0 Å². The Hall–Kier alpha value is -0.960. The summed E-state index contributed by atoms with van der Waals surface area (Å²) in [6, 6.07) is 2.27. The van der Waals surface area contributed by atoms with Gasteiger partial charge in [-0.3, -0.25) is 0 Å². The van der Waals surface area contributed by atoms with Crippen molar-refractivity contribution in [2.75, 3.05) is 17.2 Å². The van der Waals surface area contributed by atoms with Gasteiger partial charge in [0.1, 0.15) is 0 Å². The van der Waals surface area contributed by atoms with E-state index >= 15 is 0 Å². The topological polar surface area (TPSA) is 24.1 Å². The fraction of sp³-hybridized carbons (Fsp3) is 0.667. The largest absolute Gasteiger partial charge is 0.379 e. The molecular weight excluding hydrogens is 276 g/mol. The monoisotopic (exact) mass is 302 g/mol. The molecule has 4 bridgehead atoms. The molecule has 2 nitrogen and oxygen atoms in total. The molecule has 21 heavy (non-hydrogen) atoms. The third kappa shape index (κ3) is 2.50. The fourth-order valence-electron chi connectivity index (χ4n) is 5.84. The first-order valence-corrected chi connectivity index (χ1v) is 9.18. The van der Waals surface area contributed by atoms with Crippen LogP contribution in [-0.2, 0) is 0 Å². The molecule has 0 aromatic carbocycles. The predicted octanol–water partition coefficient (Wildman–Crippen LogP) is 5.12. The van der Waals surface area contributed by atoms with Crippen molar-refractivity contribution in [3.05, 3.63) is 24.1 Å². The molecule has 3 heteroatoms. The van der Waals surface area contributed by atoms with E-state index in [0.29, 0.717) is 11.0 Å². The van der Waals surface area contributed by atoms with Crippen LogP contribution in [0.4, 0.5) is 10.7 Å². The summed E-state index contributed by atoms with van der Waals surface area (Å²) in [5, 5.41) is 10.9. The minimum absolute atomic E-state index is 0.385. The zero-order valence-corrected chi connectivity index (χ0v) is 13.8. The highest BCUT2D eigenvalue weighted by atomic mass is 32.1. The second kappa shape index (κ2) is 4.77. The van der Waals surface area contributed by atoms with Crippen LogP contribution >= 0.6 is 11.3 Å². The summed E-state index contributed by atoms with van der Waals surface area (Å²) >= 11 is 1.80.